The van der Waals surface area contributed by atoms with Crippen LogP contribution >= 0.6 is 11.6 Å². The maximum absolute atomic E-state index is 11.8. The fourth-order valence-electron chi connectivity index (χ4n) is 2.76. The smallest absolute Gasteiger partial charge is 0.154 e. The van der Waals surface area contributed by atoms with Crippen molar-refractivity contribution in [3.8, 4) is 0 Å². The molecular weight excluding hydrogens is 196 g/mol. The number of fused-ring (bicyclic) bond motifs is 1. The highest BCUT2D eigenvalue weighted by molar-refractivity contribution is 6.36. The number of hydrogen-bond donors (Lipinski definition) is 0. The van der Waals surface area contributed by atoms with Gasteiger partial charge in [0, 0.05) is 6.42 Å². The van der Waals surface area contributed by atoms with Gasteiger partial charge in [-0.05, 0) is 45.4 Å². The molecule has 2 rings (SSSR count). The Bertz CT molecular complexity index is 305. The van der Waals surface area contributed by atoms with E-state index in [-0.39, 0.29) is 5.78 Å². The monoisotopic (exact) mass is 212 g/mol. The zero-order chi connectivity index (χ0) is 10.3. The Balaban J connectivity index is 2.33. The minimum absolute atomic E-state index is 0.280. The van der Waals surface area contributed by atoms with E-state index < -0.39 is 4.87 Å². The number of alkyl halides is 1. The Morgan fingerprint density at radius 1 is 1.36 bits per heavy atom. The van der Waals surface area contributed by atoms with Gasteiger partial charge in [0.1, 0.15) is 4.87 Å². The van der Waals surface area contributed by atoms with Crippen molar-refractivity contribution in [2.45, 2.75) is 50.8 Å². The maximum Gasteiger partial charge on any atom is 0.154 e. The Labute approximate surface area is 90.5 Å². The number of hydrogen-bond acceptors (Lipinski definition) is 1. The predicted molar refractivity (Wildman–Crippen MR) is 58.5 cm³/mol. The van der Waals surface area contributed by atoms with Gasteiger partial charge in [0.2, 0.25) is 0 Å². The zero-order valence-corrected chi connectivity index (χ0v) is 9.66. The molecule has 0 aliphatic heterocycles. The van der Waals surface area contributed by atoms with Crippen molar-refractivity contribution in [2.75, 3.05) is 0 Å². The lowest BCUT2D eigenvalue weighted by Crippen LogP contribution is -2.46. The van der Waals surface area contributed by atoms with Crippen molar-refractivity contribution >= 4 is 17.4 Å². The summed E-state index contributed by atoms with van der Waals surface area (Å²) in [6, 6.07) is 0. The lowest BCUT2D eigenvalue weighted by Gasteiger charge is -2.42. The molecule has 78 valence electrons. The number of rotatable bonds is 0. The summed E-state index contributed by atoms with van der Waals surface area (Å²) >= 11 is 6.50. The third-order valence-corrected chi connectivity index (χ3v) is 4.52. The molecule has 2 atom stereocenters. The van der Waals surface area contributed by atoms with E-state index in [4.69, 9.17) is 11.6 Å². The highest BCUT2D eigenvalue weighted by Crippen LogP contribution is 2.47. The summed E-state index contributed by atoms with van der Waals surface area (Å²) in [6.07, 6.45) is 4.65. The first-order valence-corrected chi connectivity index (χ1v) is 5.79. The fourth-order valence-corrected chi connectivity index (χ4v) is 3.24. The Hall–Kier alpha value is -0.300. The molecule has 14 heavy (non-hydrogen) atoms. The van der Waals surface area contributed by atoms with Crippen LogP contribution in [0.2, 0.25) is 0 Å². The van der Waals surface area contributed by atoms with Crippen molar-refractivity contribution in [2.24, 2.45) is 5.92 Å². The molecule has 0 N–H and O–H groups in total. The molecule has 0 aromatic carbocycles. The van der Waals surface area contributed by atoms with Crippen molar-refractivity contribution in [1.82, 2.24) is 0 Å². The zero-order valence-electron chi connectivity index (χ0n) is 8.90. The van der Waals surface area contributed by atoms with E-state index in [9.17, 15) is 4.79 Å². The first-order chi connectivity index (χ1) is 6.54. The molecule has 0 amide bonds. The average Bonchev–Trinajstić information content (AvgIpc) is 2.11. The Morgan fingerprint density at radius 3 is 2.79 bits per heavy atom. The number of allylic oxidation sites excluding steroid dienone is 2. The van der Waals surface area contributed by atoms with Crippen LogP contribution in [0.25, 0.3) is 0 Å². The fraction of sp³-hybridized carbons (Fsp3) is 0.750. The lowest BCUT2D eigenvalue weighted by atomic mass is 9.68. The van der Waals surface area contributed by atoms with Gasteiger partial charge < -0.3 is 0 Å². The van der Waals surface area contributed by atoms with Gasteiger partial charge in [0.25, 0.3) is 0 Å². The molecule has 0 unspecified atom stereocenters. The minimum Gasteiger partial charge on any atom is -0.298 e. The molecule has 0 radical (unpaired) electrons. The van der Waals surface area contributed by atoms with Crippen molar-refractivity contribution in [3.63, 3.8) is 0 Å². The molecule has 0 saturated heterocycles. The molecule has 1 nitrogen and oxygen atoms in total. The van der Waals surface area contributed by atoms with Gasteiger partial charge in [-0.3, -0.25) is 4.79 Å². The number of halogens is 1. The predicted octanol–water partition coefficient (Wildman–Crippen LogP) is 3.46. The highest BCUT2D eigenvalue weighted by Gasteiger charge is 2.47. The van der Waals surface area contributed by atoms with Crippen LogP contribution in [0.15, 0.2) is 11.1 Å². The summed E-state index contributed by atoms with van der Waals surface area (Å²) < 4.78 is 0. The molecule has 0 heterocycles. The molecule has 1 saturated carbocycles. The van der Waals surface area contributed by atoms with Crippen LogP contribution < -0.4 is 0 Å². The van der Waals surface area contributed by atoms with Crippen LogP contribution in [0, 0.1) is 5.92 Å². The molecule has 2 aliphatic carbocycles. The van der Waals surface area contributed by atoms with E-state index >= 15 is 0 Å². The van der Waals surface area contributed by atoms with Gasteiger partial charge in [-0.25, -0.2) is 0 Å². The molecule has 0 bridgehead atoms. The molecular formula is C12H17ClO. The third-order valence-electron chi connectivity index (χ3n) is 3.87. The number of ketones is 1. The van der Waals surface area contributed by atoms with E-state index in [1.54, 1.807) is 0 Å². The van der Waals surface area contributed by atoms with E-state index in [0.717, 1.165) is 25.7 Å². The van der Waals surface area contributed by atoms with Gasteiger partial charge in [-0.15, -0.1) is 11.6 Å². The third kappa shape index (κ3) is 1.42. The minimum atomic E-state index is -0.540. The van der Waals surface area contributed by atoms with Crippen LogP contribution in [0.3, 0.4) is 0 Å². The van der Waals surface area contributed by atoms with E-state index in [0.29, 0.717) is 12.3 Å². The second-order valence-electron chi connectivity index (χ2n) is 4.82. The first-order valence-electron chi connectivity index (χ1n) is 5.41. The van der Waals surface area contributed by atoms with E-state index in [1.165, 1.54) is 11.1 Å². The molecule has 2 heteroatoms. The van der Waals surface area contributed by atoms with E-state index in [1.807, 2.05) is 0 Å². The Kier molecular flexibility index (Phi) is 2.46. The first kappa shape index (κ1) is 10.2. The maximum atomic E-state index is 11.8. The normalized spacial score (nSPS) is 38.5. The lowest BCUT2D eigenvalue weighted by molar-refractivity contribution is -0.125. The molecule has 0 aromatic rings. The van der Waals surface area contributed by atoms with Crippen LogP contribution in [-0.2, 0) is 4.79 Å². The van der Waals surface area contributed by atoms with E-state index in [2.05, 4.69) is 13.8 Å². The molecule has 0 aromatic heterocycles. The summed E-state index contributed by atoms with van der Waals surface area (Å²) in [4.78, 5) is 11.3. The van der Waals surface area contributed by atoms with Gasteiger partial charge in [0.15, 0.2) is 5.78 Å². The molecule has 2 aliphatic rings. The van der Waals surface area contributed by atoms with Crippen molar-refractivity contribution in [1.29, 1.82) is 0 Å². The largest absolute Gasteiger partial charge is 0.298 e. The second kappa shape index (κ2) is 3.37. The van der Waals surface area contributed by atoms with Crippen LogP contribution in [0.4, 0.5) is 0 Å². The standard InChI is InChI=1S/C12H17ClO/c1-8-6-10-4-3-5-11(14)12(10,13)7-9(8)2/h10H,3-7H2,1-2H3/t10-,12-/m1/s1. The SMILES string of the molecule is CC1=C(C)C[C@]2(Cl)C(=O)CCC[C@@H]2C1. The van der Waals surface area contributed by atoms with Gasteiger partial charge >= 0.3 is 0 Å². The van der Waals surface area contributed by atoms with Crippen LogP contribution in [0.1, 0.15) is 46.0 Å². The summed E-state index contributed by atoms with van der Waals surface area (Å²) in [5.74, 6) is 0.677. The van der Waals surface area contributed by atoms with Crippen molar-refractivity contribution in [3.05, 3.63) is 11.1 Å². The quantitative estimate of drug-likeness (QED) is 0.444. The molecule has 1 fully saturated rings. The summed E-state index contributed by atoms with van der Waals surface area (Å²) in [7, 11) is 0. The van der Waals surface area contributed by atoms with Gasteiger partial charge in [-0.1, -0.05) is 11.1 Å². The highest BCUT2D eigenvalue weighted by atomic mass is 35.5. The van der Waals surface area contributed by atoms with Gasteiger partial charge in [0.05, 0.1) is 0 Å². The number of Topliss-reactive ketones (excluding diaryl/α,β-unsaturated/α-hetero) is 1. The summed E-state index contributed by atoms with van der Waals surface area (Å²) in [6.45, 7) is 4.28. The topological polar surface area (TPSA) is 17.1 Å². The summed E-state index contributed by atoms with van der Waals surface area (Å²) in [5, 5.41) is 0. The Morgan fingerprint density at radius 2 is 2.07 bits per heavy atom. The van der Waals surface area contributed by atoms with Crippen LogP contribution in [-0.4, -0.2) is 10.7 Å². The average molecular weight is 213 g/mol. The number of carbonyl (C=O) groups excluding carboxylic acids is 1. The molecule has 0 spiro atoms. The summed E-state index contributed by atoms with van der Waals surface area (Å²) in [5.41, 5.74) is 2.77. The van der Waals surface area contributed by atoms with Gasteiger partial charge in [-0.2, -0.15) is 0 Å². The second-order valence-corrected chi connectivity index (χ2v) is 5.49. The van der Waals surface area contributed by atoms with Crippen LogP contribution in [0.5, 0.6) is 0 Å². The number of carbonyl (C=O) groups is 1. The van der Waals surface area contributed by atoms with Crippen molar-refractivity contribution < 1.29 is 4.79 Å².